The minimum atomic E-state index is 0.668. The number of guanidine groups is 1. The molecule has 1 aromatic rings. The number of aromatic nitrogens is 1. The van der Waals surface area contributed by atoms with Crippen molar-refractivity contribution in [3.8, 4) is 0 Å². The van der Waals surface area contributed by atoms with Crippen molar-refractivity contribution in [2.24, 2.45) is 16.8 Å². The molecule has 4 heteroatoms. The van der Waals surface area contributed by atoms with Gasteiger partial charge in [0.2, 0.25) is 0 Å². The molecular formula is C18H28N4. The zero-order valence-corrected chi connectivity index (χ0v) is 13.9. The third-order valence-corrected chi connectivity index (χ3v) is 5.11. The van der Waals surface area contributed by atoms with E-state index in [1.165, 1.54) is 44.3 Å². The van der Waals surface area contributed by atoms with Crippen LogP contribution in [0, 0.1) is 18.8 Å². The quantitative estimate of drug-likeness (QED) is 0.689. The average Bonchev–Trinajstić information content (AvgIpc) is 2.96. The molecule has 0 radical (unpaired) electrons. The fourth-order valence-electron chi connectivity index (χ4n) is 3.84. The van der Waals surface area contributed by atoms with Crippen LogP contribution in [0.5, 0.6) is 0 Å². The van der Waals surface area contributed by atoms with Crippen LogP contribution in [0.15, 0.2) is 23.3 Å². The molecule has 1 aliphatic carbocycles. The number of hydrogen-bond donors (Lipinski definition) is 1. The maximum atomic E-state index is 4.85. The van der Waals surface area contributed by atoms with Gasteiger partial charge in [0.1, 0.15) is 0 Å². The van der Waals surface area contributed by atoms with Crippen molar-refractivity contribution in [2.75, 3.05) is 19.6 Å². The first-order chi connectivity index (χ1) is 10.8. The van der Waals surface area contributed by atoms with Gasteiger partial charge in [-0.2, -0.15) is 0 Å². The number of likely N-dealkylation sites (tertiary alicyclic amines) is 1. The second kappa shape index (κ2) is 7.12. The molecule has 1 saturated heterocycles. The molecule has 2 aliphatic rings. The first kappa shape index (κ1) is 15.3. The molecule has 1 N–H and O–H groups in total. The van der Waals surface area contributed by atoms with Gasteiger partial charge in [0.15, 0.2) is 5.96 Å². The standard InChI is InChI=1S/C18H28N4/c1-3-19-18(21-11-17-14(2)7-6-10-20-17)22-12-15-8-4-5-9-16(15)13-22/h6-7,10,15-16H,3-5,8-9,11-13H2,1-2H3,(H,19,21). The van der Waals surface area contributed by atoms with Crippen LogP contribution >= 0.6 is 0 Å². The highest BCUT2D eigenvalue weighted by molar-refractivity contribution is 5.80. The number of hydrogen-bond acceptors (Lipinski definition) is 2. The van der Waals surface area contributed by atoms with Gasteiger partial charge in [0.25, 0.3) is 0 Å². The predicted octanol–water partition coefficient (Wildman–Crippen LogP) is 2.98. The van der Waals surface area contributed by atoms with Gasteiger partial charge in [-0.1, -0.05) is 18.9 Å². The molecule has 2 atom stereocenters. The lowest BCUT2D eigenvalue weighted by Gasteiger charge is -2.22. The molecule has 4 nitrogen and oxygen atoms in total. The molecule has 0 aromatic carbocycles. The Balaban J connectivity index is 1.69. The second-order valence-electron chi connectivity index (χ2n) is 6.65. The van der Waals surface area contributed by atoms with E-state index in [1.54, 1.807) is 0 Å². The Hall–Kier alpha value is -1.58. The topological polar surface area (TPSA) is 40.5 Å². The average molecular weight is 300 g/mol. The van der Waals surface area contributed by atoms with E-state index in [-0.39, 0.29) is 0 Å². The SMILES string of the molecule is CCNC(=NCc1ncccc1C)N1CC2CCCCC2C1. The van der Waals surface area contributed by atoms with Crippen LogP contribution in [0.1, 0.15) is 43.9 Å². The van der Waals surface area contributed by atoms with E-state index >= 15 is 0 Å². The lowest BCUT2D eigenvalue weighted by Crippen LogP contribution is -2.40. The third-order valence-electron chi connectivity index (χ3n) is 5.11. The molecule has 2 unspecified atom stereocenters. The minimum absolute atomic E-state index is 0.668. The predicted molar refractivity (Wildman–Crippen MR) is 90.8 cm³/mol. The molecule has 2 fully saturated rings. The molecule has 22 heavy (non-hydrogen) atoms. The van der Waals surface area contributed by atoms with Gasteiger partial charge in [-0.25, -0.2) is 4.99 Å². The second-order valence-corrected chi connectivity index (χ2v) is 6.65. The zero-order valence-electron chi connectivity index (χ0n) is 13.9. The first-order valence-electron chi connectivity index (χ1n) is 8.71. The lowest BCUT2D eigenvalue weighted by atomic mass is 9.82. The summed E-state index contributed by atoms with van der Waals surface area (Å²) < 4.78 is 0. The summed E-state index contributed by atoms with van der Waals surface area (Å²) in [4.78, 5) is 11.8. The maximum Gasteiger partial charge on any atom is 0.194 e. The summed E-state index contributed by atoms with van der Waals surface area (Å²) in [5.41, 5.74) is 2.30. The minimum Gasteiger partial charge on any atom is -0.357 e. The summed E-state index contributed by atoms with van der Waals surface area (Å²) in [5.74, 6) is 2.84. The van der Waals surface area contributed by atoms with Crippen molar-refractivity contribution in [3.63, 3.8) is 0 Å². The summed E-state index contributed by atoms with van der Waals surface area (Å²) in [6, 6.07) is 4.09. The van der Waals surface area contributed by atoms with E-state index in [0.717, 1.165) is 30.0 Å². The summed E-state index contributed by atoms with van der Waals surface area (Å²) in [6.07, 6.45) is 7.49. The molecule has 1 aromatic heterocycles. The number of aryl methyl sites for hydroxylation is 1. The van der Waals surface area contributed by atoms with Gasteiger partial charge in [-0.15, -0.1) is 0 Å². The van der Waals surface area contributed by atoms with Crippen LogP contribution < -0.4 is 5.32 Å². The Morgan fingerprint density at radius 2 is 2.05 bits per heavy atom. The molecule has 120 valence electrons. The van der Waals surface area contributed by atoms with Crippen LogP contribution in [0.3, 0.4) is 0 Å². The van der Waals surface area contributed by atoms with Crippen LogP contribution in [0.25, 0.3) is 0 Å². The summed E-state index contributed by atoms with van der Waals surface area (Å²) >= 11 is 0. The van der Waals surface area contributed by atoms with Crippen LogP contribution in [0.4, 0.5) is 0 Å². The van der Waals surface area contributed by atoms with E-state index in [1.807, 2.05) is 12.3 Å². The summed E-state index contributed by atoms with van der Waals surface area (Å²) in [6.45, 7) is 8.20. The Morgan fingerprint density at radius 3 is 2.68 bits per heavy atom. The van der Waals surface area contributed by atoms with Crippen molar-refractivity contribution >= 4 is 5.96 Å². The van der Waals surface area contributed by atoms with E-state index in [9.17, 15) is 0 Å². The van der Waals surface area contributed by atoms with Gasteiger partial charge in [0, 0.05) is 25.8 Å². The van der Waals surface area contributed by atoms with E-state index < -0.39 is 0 Å². The fourth-order valence-corrected chi connectivity index (χ4v) is 3.84. The molecular weight excluding hydrogens is 272 g/mol. The van der Waals surface area contributed by atoms with Crippen molar-refractivity contribution < 1.29 is 0 Å². The fraction of sp³-hybridized carbons (Fsp3) is 0.667. The van der Waals surface area contributed by atoms with Crippen LogP contribution in [-0.4, -0.2) is 35.5 Å². The van der Waals surface area contributed by atoms with Gasteiger partial charge in [-0.05, 0) is 50.2 Å². The Bertz CT molecular complexity index is 512. The van der Waals surface area contributed by atoms with Crippen molar-refractivity contribution in [3.05, 3.63) is 29.6 Å². The van der Waals surface area contributed by atoms with Gasteiger partial charge < -0.3 is 10.2 Å². The van der Waals surface area contributed by atoms with E-state index in [2.05, 4.69) is 35.1 Å². The number of rotatable bonds is 3. The van der Waals surface area contributed by atoms with Crippen LogP contribution in [-0.2, 0) is 6.54 Å². The Labute approximate surface area is 134 Å². The zero-order chi connectivity index (χ0) is 15.4. The first-order valence-corrected chi connectivity index (χ1v) is 8.71. The van der Waals surface area contributed by atoms with Gasteiger partial charge in [-0.3, -0.25) is 4.98 Å². The molecule has 0 spiro atoms. The lowest BCUT2D eigenvalue weighted by molar-refractivity contribution is 0.299. The molecule has 0 bridgehead atoms. The Morgan fingerprint density at radius 1 is 1.32 bits per heavy atom. The van der Waals surface area contributed by atoms with Crippen molar-refractivity contribution in [1.29, 1.82) is 0 Å². The number of aliphatic imine (C=N–C) groups is 1. The molecule has 2 heterocycles. The van der Waals surface area contributed by atoms with Crippen LogP contribution in [0.2, 0.25) is 0 Å². The van der Waals surface area contributed by atoms with Gasteiger partial charge >= 0.3 is 0 Å². The highest BCUT2D eigenvalue weighted by Crippen LogP contribution is 2.35. The maximum absolute atomic E-state index is 4.85. The number of fused-ring (bicyclic) bond motifs is 1. The van der Waals surface area contributed by atoms with E-state index in [0.29, 0.717) is 6.54 Å². The normalized spacial score (nSPS) is 25.2. The van der Waals surface area contributed by atoms with Gasteiger partial charge in [0.05, 0.1) is 12.2 Å². The molecule has 1 aliphatic heterocycles. The van der Waals surface area contributed by atoms with Crippen molar-refractivity contribution in [2.45, 2.75) is 46.1 Å². The molecule has 0 amide bonds. The highest BCUT2D eigenvalue weighted by Gasteiger charge is 2.35. The smallest absolute Gasteiger partial charge is 0.194 e. The van der Waals surface area contributed by atoms with E-state index in [4.69, 9.17) is 4.99 Å². The third kappa shape index (κ3) is 3.42. The largest absolute Gasteiger partial charge is 0.357 e. The number of nitrogens with one attached hydrogen (secondary N) is 1. The molecule has 3 rings (SSSR count). The molecule has 1 saturated carbocycles. The highest BCUT2D eigenvalue weighted by atomic mass is 15.3. The van der Waals surface area contributed by atoms with Crippen molar-refractivity contribution in [1.82, 2.24) is 15.2 Å². The number of nitrogens with zero attached hydrogens (tertiary/aromatic N) is 3. The number of pyridine rings is 1. The summed E-state index contributed by atoms with van der Waals surface area (Å²) in [7, 11) is 0. The Kier molecular flexibility index (Phi) is 4.96. The monoisotopic (exact) mass is 300 g/mol. The summed E-state index contributed by atoms with van der Waals surface area (Å²) in [5, 5.41) is 3.47.